The summed E-state index contributed by atoms with van der Waals surface area (Å²) in [6, 6.07) is 12.0. The summed E-state index contributed by atoms with van der Waals surface area (Å²) in [5.41, 5.74) is 7.76. The van der Waals surface area contributed by atoms with Crippen LogP contribution in [0.25, 0.3) is 0 Å². The Morgan fingerprint density at radius 3 is 2.27 bits per heavy atom. The van der Waals surface area contributed by atoms with Crippen LogP contribution in [0.5, 0.6) is 0 Å². The molecule has 0 spiro atoms. The molecule has 0 radical (unpaired) electrons. The zero-order valence-electron chi connectivity index (χ0n) is 12.0. The molecule has 3 rings (SSSR count). The van der Waals surface area contributed by atoms with Gasteiger partial charge >= 0.3 is 0 Å². The number of rotatable bonds is 3. The molecule has 5 heteroatoms. The molecule has 0 aliphatic carbocycles. The predicted molar refractivity (Wildman–Crippen MR) is 78.8 cm³/mol. The van der Waals surface area contributed by atoms with Gasteiger partial charge in [0.1, 0.15) is 0 Å². The number of nitrogens with zero attached hydrogens (tertiary/aromatic N) is 1. The standard InChI is InChI=1S/C17H17F3N2/c18-14-6-11(7-15(19)17(14)20)8-22-9-13(16(21)10-22)12-4-2-1-3-5-12/h1-7,13,16H,8-10,21H2/t13-,16+/m0/s1. The van der Waals surface area contributed by atoms with Crippen molar-refractivity contribution in [2.45, 2.75) is 18.5 Å². The van der Waals surface area contributed by atoms with Crippen molar-refractivity contribution in [3.05, 3.63) is 71.0 Å². The van der Waals surface area contributed by atoms with Gasteiger partial charge in [-0.05, 0) is 23.3 Å². The molecule has 22 heavy (non-hydrogen) atoms. The van der Waals surface area contributed by atoms with Crippen molar-refractivity contribution in [2.24, 2.45) is 5.73 Å². The number of nitrogens with two attached hydrogens (primary N) is 1. The van der Waals surface area contributed by atoms with Crippen molar-refractivity contribution >= 4 is 0 Å². The smallest absolute Gasteiger partial charge is 0.194 e. The van der Waals surface area contributed by atoms with E-state index in [-0.39, 0.29) is 12.0 Å². The molecule has 2 aromatic rings. The van der Waals surface area contributed by atoms with Crippen LogP contribution in [0.1, 0.15) is 17.0 Å². The number of halogens is 3. The lowest BCUT2D eigenvalue weighted by Crippen LogP contribution is -2.28. The van der Waals surface area contributed by atoms with Gasteiger partial charge in [-0.2, -0.15) is 0 Å². The summed E-state index contributed by atoms with van der Waals surface area (Å²) in [5.74, 6) is -3.54. The van der Waals surface area contributed by atoms with E-state index < -0.39 is 17.5 Å². The predicted octanol–water partition coefficient (Wildman–Crippen LogP) is 3.03. The van der Waals surface area contributed by atoms with Crippen molar-refractivity contribution < 1.29 is 13.2 Å². The van der Waals surface area contributed by atoms with Crippen LogP contribution in [0.4, 0.5) is 13.2 Å². The van der Waals surface area contributed by atoms with Crippen LogP contribution in [0.3, 0.4) is 0 Å². The first-order valence-electron chi connectivity index (χ1n) is 7.21. The monoisotopic (exact) mass is 306 g/mol. The summed E-state index contributed by atoms with van der Waals surface area (Å²) in [6.07, 6.45) is 0. The molecule has 2 atom stereocenters. The van der Waals surface area contributed by atoms with Crippen LogP contribution < -0.4 is 5.73 Å². The number of benzene rings is 2. The van der Waals surface area contributed by atoms with E-state index in [0.717, 1.165) is 17.7 Å². The van der Waals surface area contributed by atoms with Crippen molar-refractivity contribution in [1.82, 2.24) is 4.90 Å². The molecule has 1 heterocycles. The molecule has 1 aliphatic rings. The number of hydrogen-bond acceptors (Lipinski definition) is 2. The van der Waals surface area contributed by atoms with Crippen molar-refractivity contribution in [3.63, 3.8) is 0 Å². The van der Waals surface area contributed by atoms with Crippen LogP contribution in [0, 0.1) is 17.5 Å². The van der Waals surface area contributed by atoms with Crippen LogP contribution in [-0.4, -0.2) is 24.0 Å². The van der Waals surface area contributed by atoms with E-state index >= 15 is 0 Å². The Hall–Kier alpha value is -1.85. The summed E-state index contributed by atoms with van der Waals surface area (Å²) in [4.78, 5) is 2.04. The molecule has 116 valence electrons. The van der Waals surface area contributed by atoms with Gasteiger partial charge in [-0.3, -0.25) is 4.90 Å². The quantitative estimate of drug-likeness (QED) is 0.883. The minimum atomic E-state index is -1.43. The second-order valence-corrected chi connectivity index (χ2v) is 5.75. The van der Waals surface area contributed by atoms with Crippen molar-refractivity contribution in [3.8, 4) is 0 Å². The maximum Gasteiger partial charge on any atom is 0.194 e. The third-order valence-corrected chi connectivity index (χ3v) is 4.12. The van der Waals surface area contributed by atoms with Gasteiger partial charge in [-0.1, -0.05) is 30.3 Å². The number of hydrogen-bond donors (Lipinski definition) is 1. The highest BCUT2D eigenvalue weighted by molar-refractivity contribution is 5.24. The molecule has 0 bridgehead atoms. The van der Waals surface area contributed by atoms with E-state index in [9.17, 15) is 13.2 Å². The number of likely N-dealkylation sites (tertiary alicyclic amines) is 1. The minimum Gasteiger partial charge on any atom is -0.326 e. The fourth-order valence-corrected chi connectivity index (χ4v) is 3.05. The Morgan fingerprint density at radius 2 is 1.64 bits per heavy atom. The molecule has 2 nitrogen and oxygen atoms in total. The van der Waals surface area contributed by atoms with Gasteiger partial charge < -0.3 is 5.73 Å². The lowest BCUT2D eigenvalue weighted by atomic mass is 9.95. The zero-order valence-corrected chi connectivity index (χ0v) is 12.0. The maximum atomic E-state index is 13.3. The van der Waals surface area contributed by atoms with Gasteiger partial charge in [0, 0.05) is 31.6 Å². The molecule has 0 saturated carbocycles. The third kappa shape index (κ3) is 3.00. The molecule has 0 unspecified atom stereocenters. The second-order valence-electron chi connectivity index (χ2n) is 5.75. The summed E-state index contributed by atoms with van der Waals surface area (Å²) in [7, 11) is 0. The molecular formula is C17H17F3N2. The normalized spacial score (nSPS) is 22.2. The molecule has 2 N–H and O–H groups in total. The topological polar surface area (TPSA) is 29.3 Å². The summed E-state index contributed by atoms with van der Waals surface area (Å²) in [6.45, 7) is 1.71. The highest BCUT2D eigenvalue weighted by Crippen LogP contribution is 2.27. The van der Waals surface area contributed by atoms with Gasteiger partial charge in [0.2, 0.25) is 0 Å². The van der Waals surface area contributed by atoms with Crippen LogP contribution in [-0.2, 0) is 6.54 Å². The SMILES string of the molecule is N[C@@H]1CN(Cc2cc(F)c(F)c(F)c2)C[C@H]1c1ccccc1. The molecule has 1 saturated heterocycles. The Bertz CT molecular complexity index is 637. The van der Waals surface area contributed by atoms with Crippen LogP contribution >= 0.6 is 0 Å². The van der Waals surface area contributed by atoms with Crippen LogP contribution in [0.2, 0.25) is 0 Å². The van der Waals surface area contributed by atoms with E-state index in [1.807, 2.05) is 35.2 Å². The Kier molecular flexibility index (Phi) is 4.18. The van der Waals surface area contributed by atoms with Gasteiger partial charge in [0.25, 0.3) is 0 Å². The molecule has 1 aliphatic heterocycles. The molecule has 0 aromatic heterocycles. The van der Waals surface area contributed by atoms with Gasteiger partial charge in [0.05, 0.1) is 0 Å². The fourth-order valence-electron chi connectivity index (χ4n) is 3.05. The van der Waals surface area contributed by atoms with E-state index in [0.29, 0.717) is 25.2 Å². The molecule has 0 amide bonds. The average molecular weight is 306 g/mol. The van der Waals surface area contributed by atoms with Crippen molar-refractivity contribution in [1.29, 1.82) is 0 Å². The highest BCUT2D eigenvalue weighted by Gasteiger charge is 2.31. The fraction of sp³-hybridized carbons (Fsp3) is 0.294. The third-order valence-electron chi connectivity index (χ3n) is 4.12. The summed E-state index contributed by atoms with van der Waals surface area (Å²) < 4.78 is 39.5. The Morgan fingerprint density at radius 1 is 1.00 bits per heavy atom. The Balaban J connectivity index is 1.73. The minimum absolute atomic E-state index is 0.0301. The van der Waals surface area contributed by atoms with E-state index in [2.05, 4.69) is 0 Å². The van der Waals surface area contributed by atoms with E-state index in [4.69, 9.17) is 5.73 Å². The Labute approximate surface area is 127 Å². The van der Waals surface area contributed by atoms with Gasteiger partial charge in [-0.25, -0.2) is 13.2 Å². The van der Waals surface area contributed by atoms with E-state index in [1.165, 1.54) is 0 Å². The summed E-state index contributed by atoms with van der Waals surface area (Å²) >= 11 is 0. The van der Waals surface area contributed by atoms with Crippen molar-refractivity contribution in [2.75, 3.05) is 13.1 Å². The largest absolute Gasteiger partial charge is 0.326 e. The second kappa shape index (κ2) is 6.10. The molecule has 1 fully saturated rings. The zero-order chi connectivity index (χ0) is 15.7. The lowest BCUT2D eigenvalue weighted by Gasteiger charge is -2.16. The average Bonchev–Trinajstić information content (AvgIpc) is 2.86. The lowest BCUT2D eigenvalue weighted by molar-refractivity contribution is 0.321. The first-order valence-corrected chi connectivity index (χ1v) is 7.21. The maximum absolute atomic E-state index is 13.3. The van der Waals surface area contributed by atoms with Gasteiger partial charge in [-0.15, -0.1) is 0 Å². The van der Waals surface area contributed by atoms with E-state index in [1.54, 1.807) is 0 Å². The first kappa shape index (κ1) is 15.1. The first-order chi connectivity index (χ1) is 10.5. The molecule has 2 aromatic carbocycles. The molecular weight excluding hydrogens is 289 g/mol. The summed E-state index contributed by atoms with van der Waals surface area (Å²) in [5, 5.41) is 0. The highest BCUT2D eigenvalue weighted by atomic mass is 19.2. The van der Waals surface area contributed by atoms with Crippen LogP contribution in [0.15, 0.2) is 42.5 Å². The van der Waals surface area contributed by atoms with Gasteiger partial charge in [0.15, 0.2) is 17.5 Å².